The van der Waals surface area contributed by atoms with Crippen LogP contribution in [0.2, 0.25) is 0 Å². The number of carboxylic acids is 1. The molecule has 10 heteroatoms. The Morgan fingerprint density at radius 1 is 1.31 bits per heavy atom. The molecule has 3 N–H and O–H groups in total. The molecule has 0 atom stereocenters. The summed E-state index contributed by atoms with van der Waals surface area (Å²) in [6, 6.07) is 3.14. The van der Waals surface area contributed by atoms with E-state index in [1.165, 1.54) is 6.07 Å². The van der Waals surface area contributed by atoms with Crippen LogP contribution >= 0.6 is 0 Å². The summed E-state index contributed by atoms with van der Waals surface area (Å²) in [7, 11) is 1.74. The van der Waals surface area contributed by atoms with Gasteiger partial charge in [0.15, 0.2) is 0 Å². The zero-order valence-electron chi connectivity index (χ0n) is 13.6. The van der Waals surface area contributed by atoms with E-state index in [-0.39, 0.29) is 29.4 Å². The minimum Gasteiger partial charge on any atom is -0.477 e. The molecule has 3 rings (SSSR count). The van der Waals surface area contributed by atoms with Gasteiger partial charge in [-0.1, -0.05) is 6.07 Å². The Balaban J connectivity index is 1.83. The van der Waals surface area contributed by atoms with E-state index in [2.05, 4.69) is 25.7 Å². The van der Waals surface area contributed by atoms with Crippen LogP contribution in [0, 0.1) is 11.6 Å². The van der Waals surface area contributed by atoms with E-state index in [9.17, 15) is 18.7 Å². The SMILES string of the molecule is Cn1cc(Nc2ncc(C(=O)O)c(NCc3ccc(F)cc3F)n2)cn1. The molecule has 0 unspecified atom stereocenters. The Labute approximate surface area is 146 Å². The second-order valence-corrected chi connectivity index (χ2v) is 5.38. The first kappa shape index (κ1) is 17.3. The zero-order valence-corrected chi connectivity index (χ0v) is 13.6. The van der Waals surface area contributed by atoms with Crippen molar-refractivity contribution in [3.63, 3.8) is 0 Å². The lowest BCUT2D eigenvalue weighted by molar-refractivity contribution is 0.0697. The lowest BCUT2D eigenvalue weighted by Gasteiger charge is -2.11. The van der Waals surface area contributed by atoms with Gasteiger partial charge < -0.3 is 15.7 Å². The number of hydrogen-bond acceptors (Lipinski definition) is 6. The van der Waals surface area contributed by atoms with Crippen molar-refractivity contribution >= 4 is 23.4 Å². The van der Waals surface area contributed by atoms with Gasteiger partial charge in [0, 0.05) is 37.6 Å². The number of carbonyl (C=O) groups is 1. The van der Waals surface area contributed by atoms with Crippen LogP contribution < -0.4 is 10.6 Å². The number of aryl methyl sites for hydroxylation is 1. The van der Waals surface area contributed by atoms with E-state index < -0.39 is 17.6 Å². The Kier molecular flexibility index (Phi) is 4.74. The summed E-state index contributed by atoms with van der Waals surface area (Å²) >= 11 is 0. The number of nitrogens with zero attached hydrogens (tertiary/aromatic N) is 4. The molecule has 8 nitrogen and oxygen atoms in total. The Bertz CT molecular complexity index is 960. The standard InChI is InChI=1S/C16H14F2N6O2/c1-24-8-11(6-21-24)22-16-20-7-12(15(25)26)14(23-16)19-5-9-2-3-10(17)4-13(9)18/h2-4,6-8H,5H2,1H3,(H,25,26)(H2,19,20,22,23). The monoisotopic (exact) mass is 360 g/mol. The van der Waals surface area contributed by atoms with Crippen molar-refractivity contribution in [2.45, 2.75) is 6.54 Å². The van der Waals surface area contributed by atoms with Crippen LogP contribution in [-0.4, -0.2) is 30.8 Å². The van der Waals surface area contributed by atoms with Gasteiger partial charge in [0.05, 0.1) is 11.9 Å². The Hall–Kier alpha value is -3.56. The van der Waals surface area contributed by atoms with Crippen LogP contribution in [0.3, 0.4) is 0 Å². The summed E-state index contributed by atoms with van der Waals surface area (Å²) in [5, 5.41) is 18.9. The summed E-state index contributed by atoms with van der Waals surface area (Å²) in [5.41, 5.74) is 0.610. The summed E-state index contributed by atoms with van der Waals surface area (Å²) in [6.45, 7) is -0.0737. The molecule has 26 heavy (non-hydrogen) atoms. The van der Waals surface area contributed by atoms with Crippen molar-refractivity contribution in [2.24, 2.45) is 7.05 Å². The molecule has 0 amide bonds. The summed E-state index contributed by atoms with van der Waals surface area (Å²) in [4.78, 5) is 19.4. The van der Waals surface area contributed by atoms with Crippen molar-refractivity contribution in [1.29, 1.82) is 0 Å². The van der Waals surface area contributed by atoms with Crippen molar-refractivity contribution in [3.05, 3.63) is 59.6 Å². The molecule has 0 aliphatic rings. The first-order valence-corrected chi connectivity index (χ1v) is 7.46. The second-order valence-electron chi connectivity index (χ2n) is 5.38. The number of carboxylic acid groups (broad SMARTS) is 1. The third-order valence-corrected chi connectivity index (χ3v) is 3.44. The molecule has 0 bridgehead atoms. The lowest BCUT2D eigenvalue weighted by Crippen LogP contribution is -2.11. The highest BCUT2D eigenvalue weighted by molar-refractivity contribution is 5.93. The van der Waals surface area contributed by atoms with Gasteiger partial charge in [0.2, 0.25) is 5.95 Å². The molecule has 1 aromatic carbocycles. The van der Waals surface area contributed by atoms with Gasteiger partial charge in [-0.05, 0) is 6.07 Å². The van der Waals surface area contributed by atoms with Gasteiger partial charge >= 0.3 is 5.97 Å². The molecule has 2 aromatic heterocycles. The highest BCUT2D eigenvalue weighted by atomic mass is 19.1. The first-order valence-electron chi connectivity index (χ1n) is 7.46. The average Bonchev–Trinajstić information content (AvgIpc) is 2.99. The Morgan fingerprint density at radius 2 is 2.12 bits per heavy atom. The van der Waals surface area contributed by atoms with Crippen molar-refractivity contribution in [1.82, 2.24) is 19.7 Å². The van der Waals surface area contributed by atoms with Gasteiger partial charge in [-0.3, -0.25) is 4.68 Å². The van der Waals surface area contributed by atoms with Crippen molar-refractivity contribution < 1.29 is 18.7 Å². The predicted molar refractivity (Wildman–Crippen MR) is 89.2 cm³/mol. The van der Waals surface area contributed by atoms with Crippen LogP contribution in [-0.2, 0) is 13.6 Å². The highest BCUT2D eigenvalue weighted by Crippen LogP contribution is 2.19. The van der Waals surface area contributed by atoms with Gasteiger partial charge in [0.1, 0.15) is 23.0 Å². The van der Waals surface area contributed by atoms with E-state index in [1.54, 1.807) is 24.1 Å². The maximum absolute atomic E-state index is 13.7. The fourth-order valence-electron chi connectivity index (χ4n) is 2.19. The number of aromatic nitrogens is 4. The quantitative estimate of drug-likeness (QED) is 0.620. The molecule has 0 saturated heterocycles. The molecule has 2 heterocycles. The van der Waals surface area contributed by atoms with Crippen molar-refractivity contribution in [3.8, 4) is 0 Å². The summed E-state index contributed by atoms with van der Waals surface area (Å²) in [5.74, 6) is -2.52. The fourth-order valence-corrected chi connectivity index (χ4v) is 2.19. The topological polar surface area (TPSA) is 105 Å². The number of halogens is 2. The molecule has 134 valence electrons. The van der Waals surface area contributed by atoms with Crippen LogP contribution in [0.5, 0.6) is 0 Å². The minimum atomic E-state index is -1.24. The fraction of sp³-hybridized carbons (Fsp3) is 0.125. The molecular formula is C16H14F2N6O2. The molecule has 0 aliphatic heterocycles. The first-order chi connectivity index (χ1) is 12.4. The average molecular weight is 360 g/mol. The number of hydrogen-bond donors (Lipinski definition) is 3. The number of benzene rings is 1. The van der Waals surface area contributed by atoms with E-state index in [0.717, 1.165) is 18.3 Å². The molecule has 3 aromatic rings. The molecule has 0 spiro atoms. The normalized spacial score (nSPS) is 10.6. The lowest BCUT2D eigenvalue weighted by atomic mass is 10.2. The predicted octanol–water partition coefficient (Wildman–Crippen LogP) is 2.54. The minimum absolute atomic E-state index is 0.00242. The third-order valence-electron chi connectivity index (χ3n) is 3.44. The van der Waals surface area contributed by atoms with Crippen LogP contribution in [0.4, 0.5) is 26.2 Å². The van der Waals surface area contributed by atoms with E-state index in [1.807, 2.05) is 0 Å². The third kappa shape index (κ3) is 3.91. The van der Waals surface area contributed by atoms with Gasteiger partial charge in [-0.2, -0.15) is 10.1 Å². The summed E-state index contributed by atoms with van der Waals surface area (Å²) < 4.78 is 28.3. The molecule has 0 fully saturated rings. The number of nitrogens with one attached hydrogen (secondary N) is 2. The highest BCUT2D eigenvalue weighted by Gasteiger charge is 2.15. The van der Waals surface area contributed by atoms with Gasteiger partial charge in [-0.25, -0.2) is 18.6 Å². The van der Waals surface area contributed by atoms with Crippen LogP contribution in [0.15, 0.2) is 36.8 Å². The van der Waals surface area contributed by atoms with Crippen molar-refractivity contribution in [2.75, 3.05) is 10.6 Å². The number of rotatable bonds is 6. The van der Waals surface area contributed by atoms with Crippen LogP contribution in [0.25, 0.3) is 0 Å². The molecular weight excluding hydrogens is 346 g/mol. The number of aromatic carboxylic acids is 1. The summed E-state index contributed by atoms with van der Waals surface area (Å²) in [6.07, 6.45) is 4.38. The Morgan fingerprint density at radius 3 is 2.77 bits per heavy atom. The van der Waals surface area contributed by atoms with Gasteiger partial charge in [-0.15, -0.1) is 0 Å². The molecule has 0 saturated carbocycles. The van der Waals surface area contributed by atoms with Crippen LogP contribution in [0.1, 0.15) is 15.9 Å². The number of anilines is 3. The maximum atomic E-state index is 13.7. The van der Waals surface area contributed by atoms with Gasteiger partial charge in [0.25, 0.3) is 0 Å². The van der Waals surface area contributed by atoms with E-state index in [0.29, 0.717) is 5.69 Å². The largest absolute Gasteiger partial charge is 0.477 e. The zero-order chi connectivity index (χ0) is 18.7. The van der Waals surface area contributed by atoms with E-state index >= 15 is 0 Å². The molecule has 0 radical (unpaired) electrons. The molecule has 0 aliphatic carbocycles. The second kappa shape index (κ2) is 7.13. The van der Waals surface area contributed by atoms with E-state index in [4.69, 9.17) is 0 Å². The maximum Gasteiger partial charge on any atom is 0.341 e. The smallest absolute Gasteiger partial charge is 0.341 e.